The van der Waals surface area contributed by atoms with E-state index < -0.39 is 6.04 Å². The molecule has 0 radical (unpaired) electrons. The SMILES string of the molecule is O=C1N[C@H](Cc2c[nH]c3c(Cl)cccc23)C(=O)N1CC1CCCCC1. The van der Waals surface area contributed by atoms with E-state index in [0.717, 1.165) is 29.3 Å². The Kier molecular flexibility index (Phi) is 4.42. The second kappa shape index (κ2) is 6.71. The molecule has 5 nitrogen and oxygen atoms in total. The van der Waals surface area contributed by atoms with Crippen molar-refractivity contribution in [2.75, 3.05) is 6.54 Å². The van der Waals surface area contributed by atoms with Crippen molar-refractivity contribution in [2.24, 2.45) is 5.92 Å². The van der Waals surface area contributed by atoms with Gasteiger partial charge in [-0.3, -0.25) is 9.69 Å². The summed E-state index contributed by atoms with van der Waals surface area (Å²) in [6.07, 6.45) is 8.25. The van der Waals surface area contributed by atoms with E-state index in [9.17, 15) is 9.59 Å². The van der Waals surface area contributed by atoms with Gasteiger partial charge in [0.05, 0.1) is 10.5 Å². The number of aromatic nitrogens is 1. The van der Waals surface area contributed by atoms with Gasteiger partial charge < -0.3 is 10.3 Å². The Labute approximate surface area is 151 Å². The lowest BCUT2D eigenvalue weighted by molar-refractivity contribution is -0.128. The molecule has 1 aliphatic heterocycles. The number of urea groups is 1. The molecule has 0 spiro atoms. The van der Waals surface area contributed by atoms with Crippen molar-refractivity contribution in [1.29, 1.82) is 0 Å². The van der Waals surface area contributed by atoms with Crippen LogP contribution in [0.5, 0.6) is 0 Å². The standard InChI is InChI=1S/C19H22ClN3O2/c20-15-8-4-7-14-13(10-21-17(14)15)9-16-18(24)23(19(25)22-16)11-12-5-2-1-3-6-12/h4,7-8,10,12,16,21H,1-3,5-6,9,11H2,(H,22,25)/t16-/m1/s1. The number of rotatable bonds is 4. The molecule has 1 saturated heterocycles. The minimum absolute atomic E-state index is 0.105. The number of halogens is 1. The Bertz CT molecular complexity index is 810. The minimum Gasteiger partial charge on any atom is -0.360 e. The summed E-state index contributed by atoms with van der Waals surface area (Å²) in [6, 6.07) is 4.96. The van der Waals surface area contributed by atoms with Gasteiger partial charge in [0.2, 0.25) is 0 Å². The minimum atomic E-state index is -0.492. The van der Waals surface area contributed by atoms with E-state index in [1.807, 2.05) is 24.4 Å². The number of carbonyl (C=O) groups excluding carboxylic acids is 2. The van der Waals surface area contributed by atoms with Crippen LogP contribution in [0.4, 0.5) is 4.79 Å². The van der Waals surface area contributed by atoms with Crippen LogP contribution in [0.2, 0.25) is 5.02 Å². The first-order valence-electron chi connectivity index (χ1n) is 9.00. The van der Waals surface area contributed by atoms with E-state index in [2.05, 4.69) is 10.3 Å². The molecule has 1 saturated carbocycles. The zero-order valence-electron chi connectivity index (χ0n) is 14.1. The molecule has 1 aliphatic carbocycles. The third-order valence-electron chi connectivity index (χ3n) is 5.45. The number of para-hydroxylation sites is 1. The second-order valence-electron chi connectivity index (χ2n) is 7.14. The molecule has 2 N–H and O–H groups in total. The predicted molar refractivity (Wildman–Crippen MR) is 97.6 cm³/mol. The van der Waals surface area contributed by atoms with E-state index in [1.54, 1.807) is 0 Å². The number of benzene rings is 1. The van der Waals surface area contributed by atoms with Gasteiger partial charge >= 0.3 is 6.03 Å². The molecule has 1 aromatic carbocycles. The summed E-state index contributed by atoms with van der Waals surface area (Å²) in [6.45, 7) is 0.556. The smallest absolute Gasteiger partial charge is 0.324 e. The fourth-order valence-corrected chi connectivity index (χ4v) is 4.31. The fraction of sp³-hybridized carbons (Fsp3) is 0.474. The molecule has 132 valence electrons. The van der Waals surface area contributed by atoms with Crippen molar-refractivity contribution in [3.63, 3.8) is 0 Å². The molecule has 0 bridgehead atoms. The Morgan fingerprint density at radius 1 is 1.16 bits per heavy atom. The maximum Gasteiger partial charge on any atom is 0.324 e. The van der Waals surface area contributed by atoms with Crippen molar-refractivity contribution < 1.29 is 9.59 Å². The summed E-state index contributed by atoms with van der Waals surface area (Å²) in [5, 5.41) is 4.51. The molecule has 1 aromatic heterocycles. The van der Waals surface area contributed by atoms with Crippen LogP contribution in [0.1, 0.15) is 37.7 Å². The number of aromatic amines is 1. The highest BCUT2D eigenvalue weighted by molar-refractivity contribution is 6.35. The number of imide groups is 1. The van der Waals surface area contributed by atoms with Gasteiger partial charge in [0.25, 0.3) is 5.91 Å². The van der Waals surface area contributed by atoms with Crippen LogP contribution in [0.3, 0.4) is 0 Å². The van der Waals surface area contributed by atoms with Gasteiger partial charge in [-0.25, -0.2) is 4.79 Å². The number of fused-ring (bicyclic) bond motifs is 1. The van der Waals surface area contributed by atoms with Gasteiger partial charge in [0.1, 0.15) is 6.04 Å². The third kappa shape index (κ3) is 3.13. The monoisotopic (exact) mass is 359 g/mol. The van der Waals surface area contributed by atoms with Gasteiger partial charge in [0, 0.05) is 24.5 Å². The molecule has 2 heterocycles. The van der Waals surface area contributed by atoms with E-state index in [4.69, 9.17) is 11.6 Å². The summed E-state index contributed by atoms with van der Waals surface area (Å²) in [4.78, 5) is 29.6. The largest absolute Gasteiger partial charge is 0.360 e. The zero-order chi connectivity index (χ0) is 17.4. The van der Waals surface area contributed by atoms with Gasteiger partial charge in [-0.2, -0.15) is 0 Å². The van der Waals surface area contributed by atoms with E-state index in [0.29, 0.717) is 23.9 Å². The second-order valence-corrected chi connectivity index (χ2v) is 7.54. The molecule has 6 heteroatoms. The van der Waals surface area contributed by atoms with Gasteiger partial charge in [0.15, 0.2) is 0 Å². The topological polar surface area (TPSA) is 65.2 Å². The van der Waals surface area contributed by atoms with Crippen LogP contribution in [0.25, 0.3) is 10.9 Å². The molecule has 2 fully saturated rings. The Morgan fingerprint density at radius 2 is 1.96 bits per heavy atom. The number of hydrogen-bond donors (Lipinski definition) is 2. The Morgan fingerprint density at radius 3 is 2.76 bits per heavy atom. The summed E-state index contributed by atoms with van der Waals surface area (Å²) < 4.78 is 0. The number of hydrogen-bond acceptors (Lipinski definition) is 2. The van der Waals surface area contributed by atoms with Crippen LogP contribution in [0, 0.1) is 5.92 Å². The maximum absolute atomic E-state index is 12.7. The molecule has 2 aromatic rings. The first-order valence-corrected chi connectivity index (χ1v) is 9.37. The quantitative estimate of drug-likeness (QED) is 0.814. The molecule has 3 amide bonds. The Balaban J connectivity index is 1.48. The van der Waals surface area contributed by atoms with Crippen molar-refractivity contribution in [1.82, 2.24) is 15.2 Å². The van der Waals surface area contributed by atoms with E-state index in [1.165, 1.54) is 24.2 Å². The summed E-state index contributed by atoms with van der Waals surface area (Å²) in [5.74, 6) is 0.348. The highest BCUT2D eigenvalue weighted by atomic mass is 35.5. The van der Waals surface area contributed by atoms with Crippen molar-refractivity contribution in [2.45, 2.75) is 44.6 Å². The third-order valence-corrected chi connectivity index (χ3v) is 5.76. The van der Waals surface area contributed by atoms with Gasteiger partial charge in [-0.05, 0) is 30.4 Å². The highest BCUT2D eigenvalue weighted by Crippen LogP contribution is 2.28. The summed E-state index contributed by atoms with van der Waals surface area (Å²) in [5.41, 5.74) is 1.87. The summed E-state index contributed by atoms with van der Waals surface area (Å²) >= 11 is 6.19. The molecule has 2 aliphatic rings. The zero-order valence-corrected chi connectivity index (χ0v) is 14.8. The molecule has 4 rings (SSSR count). The number of nitrogens with one attached hydrogen (secondary N) is 2. The molecule has 1 atom stereocenters. The van der Waals surface area contributed by atoms with Crippen LogP contribution < -0.4 is 5.32 Å². The first kappa shape index (κ1) is 16.5. The number of nitrogens with zero attached hydrogens (tertiary/aromatic N) is 1. The van der Waals surface area contributed by atoms with E-state index in [-0.39, 0.29) is 11.9 Å². The van der Waals surface area contributed by atoms with E-state index >= 15 is 0 Å². The normalized spacial score (nSPS) is 22.0. The van der Waals surface area contributed by atoms with Crippen molar-refractivity contribution >= 4 is 34.4 Å². The summed E-state index contributed by atoms with van der Waals surface area (Å²) in [7, 11) is 0. The van der Waals surface area contributed by atoms with Crippen molar-refractivity contribution in [3.8, 4) is 0 Å². The predicted octanol–water partition coefficient (Wildman–Crippen LogP) is 3.86. The van der Waals surface area contributed by atoms with Crippen LogP contribution in [0.15, 0.2) is 24.4 Å². The molecular weight excluding hydrogens is 338 g/mol. The highest BCUT2D eigenvalue weighted by Gasteiger charge is 2.39. The van der Waals surface area contributed by atoms with Gasteiger partial charge in [-0.1, -0.05) is 43.0 Å². The molecular formula is C19H22ClN3O2. The Hall–Kier alpha value is -2.01. The lowest BCUT2D eigenvalue weighted by atomic mass is 9.89. The average Bonchev–Trinajstić information content (AvgIpc) is 3.14. The first-order chi connectivity index (χ1) is 12.1. The maximum atomic E-state index is 12.7. The molecule has 0 unspecified atom stereocenters. The number of H-pyrrole nitrogens is 1. The van der Waals surface area contributed by atoms with Crippen LogP contribution in [-0.4, -0.2) is 34.4 Å². The number of carbonyl (C=O) groups is 2. The lowest BCUT2D eigenvalue weighted by Crippen LogP contribution is -2.36. The average molecular weight is 360 g/mol. The van der Waals surface area contributed by atoms with Gasteiger partial charge in [-0.15, -0.1) is 0 Å². The molecule has 25 heavy (non-hydrogen) atoms. The van der Waals surface area contributed by atoms with Crippen molar-refractivity contribution in [3.05, 3.63) is 35.0 Å². The van der Waals surface area contributed by atoms with Crippen LogP contribution in [-0.2, 0) is 11.2 Å². The van der Waals surface area contributed by atoms with Crippen LogP contribution >= 0.6 is 11.6 Å². The fourth-order valence-electron chi connectivity index (χ4n) is 4.08. The lowest BCUT2D eigenvalue weighted by Gasteiger charge is -2.25. The number of amides is 3.